The Morgan fingerprint density at radius 2 is 1.75 bits per heavy atom. The Kier molecular flexibility index (Phi) is 5.77. The second kappa shape index (κ2) is 8.79. The highest BCUT2D eigenvalue weighted by Crippen LogP contribution is 2.27. The first-order chi connectivity index (χ1) is 13.8. The average molecular weight is 392 g/mol. The van der Waals surface area contributed by atoms with Crippen LogP contribution in [0.5, 0.6) is 0 Å². The number of hydrogen-bond donors (Lipinski definition) is 0. The van der Waals surface area contributed by atoms with Crippen molar-refractivity contribution < 1.29 is 4.42 Å². The molecule has 3 heterocycles. The van der Waals surface area contributed by atoms with Crippen LogP contribution in [0.4, 0.5) is 0 Å². The largest absolute Gasteiger partial charge is 0.420 e. The van der Waals surface area contributed by atoms with E-state index in [1.807, 2.05) is 42.5 Å². The van der Waals surface area contributed by atoms with Gasteiger partial charge in [0, 0.05) is 30.1 Å². The van der Waals surface area contributed by atoms with Gasteiger partial charge in [0.25, 0.3) is 0 Å². The molecular formula is C20H20N6OS. The molecular weight excluding hydrogens is 372 g/mol. The van der Waals surface area contributed by atoms with Gasteiger partial charge in [-0.3, -0.25) is 4.98 Å². The molecule has 28 heavy (non-hydrogen) atoms. The van der Waals surface area contributed by atoms with Crippen molar-refractivity contribution in [3.63, 3.8) is 0 Å². The monoisotopic (exact) mass is 392 g/mol. The Balaban J connectivity index is 1.52. The summed E-state index contributed by atoms with van der Waals surface area (Å²) in [5, 5.41) is 17.9. The maximum Gasteiger partial charge on any atom is 0.247 e. The van der Waals surface area contributed by atoms with Crippen LogP contribution in [-0.4, -0.2) is 29.9 Å². The SMILES string of the molecule is CCCCn1c(SCc2nnc(-c3ccccc3)o2)nnc1-c1ccncc1. The minimum absolute atomic E-state index is 0.529. The highest BCUT2D eigenvalue weighted by Gasteiger charge is 2.16. The van der Waals surface area contributed by atoms with Crippen molar-refractivity contribution in [3.05, 3.63) is 60.7 Å². The van der Waals surface area contributed by atoms with Crippen LogP contribution in [0.3, 0.4) is 0 Å². The minimum Gasteiger partial charge on any atom is -0.420 e. The van der Waals surface area contributed by atoms with Crippen molar-refractivity contribution in [1.82, 2.24) is 29.9 Å². The van der Waals surface area contributed by atoms with Gasteiger partial charge in [0.2, 0.25) is 11.8 Å². The summed E-state index contributed by atoms with van der Waals surface area (Å²) in [6, 6.07) is 13.7. The molecule has 0 aliphatic rings. The van der Waals surface area contributed by atoms with Gasteiger partial charge in [-0.15, -0.1) is 20.4 Å². The zero-order valence-electron chi connectivity index (χ0n) is 15.5. The molecule has 0 spiro atoms. The second-order valence-corrected chi connectivity index (χ2v) is 7.15. The molecule has 3 aromatic heterocycles. The van der Waals surface area contributed by atoms with Crippen LogP contribution < -0.4 is 0 Å². The summed E-state index contributed by atoms with van der Waals surface area (Å²) < 4.78 is 7.95. The molecule has 0 N–H and O–H groups in total. The summed E-state index contributed by atoms with van der Waals surface area (Å²) in [6.07, 6.45) is 5.69. The summed E-state index contributed by atoms with van der Waals surface area (Å²) in [6.45, 7) is 3.04. The zero-order valence-corrected chi connectivity index (χ0v) is 16.3. The molecule has 4 rings (SSSR count). The van der Waals surface area contributed by atoms with Crippen molar-refractivity contribution in [2.24, 2.45) is 0 Å². The lowest BCUT2D eigenvalue weighted by Gasteiger charge is -2.08. The maximum atomic E-state index is 5.80. The predicted octanol–water partition coefficient (Wildman–Crippen LogP) is 4.48. The molecule has 0 saturated carbocycles. The summed E-state index contributed by atoms with van der Waals surface area (Å²) >= 11 is 1.55. The van der Waals surface area contributed by atoms with Crippen molar-refractivity contribution in [3.8, 4) is 22.8 Å². The van der Waals surface area contributed by atoms with Gasteiger partial charge < -0.3 is 8.98 Å². The van der Waals surface area contributed by atoms with E-state index >= 15 is 0 Å². The maximum absolute atomic E-state index is 5.80. The third-order valence-corrected chi connectivity index (χ3v) is 5.15. The molecule has 1 aromatic carbocycles. The predicted molar refractivity (Wildman–Crippen MR) is 107 cm³/mol. The Labute approximate surface area is 167 Å². The van der Waals surface area contributed by atoms with Crippen molar-refractivity contribution in [1.29, 1.82) is 0 Å². The fraction of sp³-hybridized carbons (Fsp3) is 0.250. The van der Waals surface area contributed by atoms with Gasteiger partial charge in [-0.1, -0.05) is 43.3 Å². The van der Waals surface area contributed by atoms with Crippen molar-refractivity contribution >= 4 is 11.8 Å². The van der Waals surface area contributed by atoms with E-state index in [0.29, 0.717) is 17.5 Å². The third kappa shape index (κ3) is 4.12. The van der Waals surface area contributed by atoms with Gasteiger partial charge in [-0.05, 0) is 30.7 Å². The molecule has 0 atom stereocenters. The first-order valence-corrected chi connectivity index (χ1v) is 10.2. The van der Waals surface area contributed by atoms with Crippen molar-refractivity contribution in [2.45, 2.75) is 37.2 Å². The molecule has 8 heteroatoms. The number of rotatable bonds is 8. The number of benzene rings is 1. The molecule has 4 aromatic rings. The molecule has 142 valence electrons. The Bertz CT molecular complexity index is 1020. The molecule has 0 saturated heterocycles. The number of unbranched alkanes of at least 4 members (excludes halogenated alkanes) is 1. The number of aromatic nitrogens is 6. The molecule has 0 aliphatic heterocycles. The van der Waals surface area contributed by atoms with Crippen LogP contribution in [0, 0.1) is 0 Å². The van der Waals surface area contributed by atoms with E-state index in [-0.39, 0.29) is 0 Å². The van der Waals surface area contributed by atoms with E-state index in [9.17, 15) is 0 Å². The normalized spacial score (nSPS) is 11.0. The molecule has 0 unspecified atom stereocenters. The van der Waals surface area contributed by atoms with Gasteiger partial charge >= 0.3 is 0 Å². The summed E-state index contributed by atoms with van der Waals surface area (Å²) in [4.78, 5) is 4.08. The zero-order chi connectivity index (χ0) is 19.2. The number of nitrogens with zero attached hydrogens (tertiary/aromatic N) is 6. The smallest absolute Gasteiger partial charge is 0.247 e. The molecule has 0 radical (unpaired) electrons. The number of hydrogen-bond acceptors (Lipinski definition) is 7. The lowest BCUT2D eigenvalue weighted by atomic mass is 10.2. The van der Waals surface area contributed by atoms with Crippen LogP contribution in [0.1, 0.15) is 25.7 Å². The van der Waals surface area contributed by atoms with E-state index in [1.54, 1.807) is 24.2 Å². The molecule has 0 aliphatic carbocycles. The van der Waals surface area contributed by atoms with E-state index in [0.717, 1.165) is 41.5 Å². The Morgan fingerprint density at radius 3 is 2.54 bits per heavy atom. The summed E-state index contributed by atoms with van der Waals surface area (Å²) in [7, 11) is 0. The highest BCUT2D eigenvalue weighted by atomic mass is 32.2. The van der Waals surface area contributed by atoms with Gasteiger partial charge in [0.1, 0.15) is 0 Å². The molecule has 0 bridgehead atoms. The molecule has 7 nitrogen and oxygen atoms in total. The third-order valence-electron chi connectivity index (χ3n) is 4.20. The van der Waals surface area contributed by atoms with Crippen LogP contribution in [0.2, 0.25) is 0 Å². The Morgan fingerprint density at radius 1 is 0.929 bits per heavy atom. The van der Waals surface area contributed by atoms with Gasteiger partial charge in [-0.25, -0.2) is 0 Å². The quantitative estimate of drug-likeness (QED) is 0.409. The topological polar surface area (TPSA) is 82.5 Å². The van der Waals surface area contributed by atoms with E-state index < -0.39 is 0 Å². The fourth-order valence-corrected chi connectivity index (χ4v) is 3.56. The first kappa shape index (κ1) is 18.4. The average Bonchev–Trinajstić information content (AvgIpc) is 3.39. The van der Waals surface area contributed by atoms with E-state index in [4.69, 9.17) is 4.42 Å². The standard InChI is InChI=1S/C20H20N6OS/c1-2-3-13-26-18(15-9-11-21-12-10-15)23-25-20(26)28-14-17-22-24-19(27-17)16-7-5-4-6-8-16/h4-12H,2-3,13-14H2,1H3. The van der Waals surface area contributed by atoms with E-state index in [1.165, 1.54) is 0 Å². The number of pyridine rings is 1. The number of thioether (sulfide) groups is 1. The van der Waals surface area contributed by atoms with Crippen LogP contribution in [0.25, 0.3) is 22.8 Å². The van der Waals surface area contributed by atoms with Crippen LogP contribution in [0.15, 0.2) is 64.4 Å². The lowest BCUT2D eigenvalue weighted by Crippen LogP contribution is -2.02. The summed E-state index contributed by atoms with van der Waals surface area (Å²) in [5.74, 6) is 2.50. The minimum atomic E-state index is 0.529. The van der Waals surface area contributed by atoms with Crippen molar-refractivity contribution in [2.75, 3.05) is 0 Å². The van der Waals surface area contributed by atoms with Gasteiger partial charge in [0.15, 0.2) is 11.0 Å². The Hall–Kier alpha value is -3.00. The highest BCUT2D eigenvalue weighted by molar-refractivity contribution is 7.98. The van der Waals surface area contributed by atoms with E-state index in [2.05, 4.69) is 36.9 Å². The lowest BCUT2D eigenvalue weighted by molar-refractivity contribution is 0.527. The molecule has 0 amide bonds. The van der Waals surface area contributed by atoms with Gasteiger partial charge in [0.05, 0.1) is 5.75 Å². The fourth-order valence-electron chi connectivity index (χ4n) is 2.76. The van der Waals surface area contributed by atoms with Crippen LogP contribution >= 0.6 is 11.8 Å². The second-order valence-electron chi connectivity index (χ2n) is 6.20. The molecule has 0 fully saturated rings. The first-order valence-electron chi connectivity index (χ1n) is 9.19. The summed E-state index contributed by atoms with van der Waals surface area (Å²) in [5.41, 5.74) is 1.92. The van der Waals surface area contributed by atoms with Gasteiger partial charge in [-0.2, -0.15) is 0 Å². The van der Waals surface area contributed by atoms with Crippen LogP contribution in [-0.2, 0) is 12.3 Å².